The molecule has 3 heteroatoms. The van der Waals surface area contributed by atoms with Gasteiger partial charge in [-0.3, -0.25) is 9.97 Å². The van der Waals surface area contributed by atoms with Crippen LogP contribution in [0.2, 0.25) is 0 Å². The topological polar surface area (TPSA) is 37.8 Å². The van der Waals surface area contributed by atoms with Gasteiger partial charge in [0, 0.05) is 34.3 Å². The van der Waals surface area contributed by atoms with E-state index in [2.05, 4.69) is 266 Å². The lowest BCUT2D eigenvalue weighted by atomic mass is 9.86. The molecule has 3 heterocycles. The minimum Gasteiger partial charge on any atom is -0.380 e. The minimum absolute atomic E-state index is 0.0899. The number of fused-ring (bicyclic) bond motifs is 3. The Balaban J connectivity index is 0.931. The van der Waals surface area contributed by atoms with Gasteiger partial charge in [0.1, 0.15) is 0 Å². The van der Waals surface area contributed by atoms with Gasteiger partial charge in [0.25, 0.3) is 0 Å². The van der Waals surface area contributed by atoms with E-state index < -0.39 is 0 Å². The molecular weight excluding hydrogens is 871 g/mol. The van der Waals surface area contributed by atoms with Crippen molar-refractivity contribution in [2.45, 2.75) is 6.04 Å². The molecule has 3 nitrogen and oxygen atoms in total. The predicted molar refractivity (Wildman–Crippen MR) is 301 cm³/mol. The molecular formula is C69H47N3. The molecule has 0 saturated carbocycles. The minimum atomic E-state index is 0.0899. The maximum Gasteiger partial charge on any atom is 0.0780 e. The third-order valence-electron chi connectivity index (χ3n) is 14.3. The van der Waals surface area contributed by atoms with Crippen molar-refractivity contribution in [3.63, 3.8) is 0 Å². The van der Waals surface area contributed by atoms with Crippen molar-refractivity contribution in [2.75, 3.05) is 0 Å². The number of hydrogen-bond donors (Lipinski definition) is 1. The van der Waals surface area contributed by atoms with E-state index in [4.69, 9.17) is 9.97 Å². The molecule has 0 bridgehead atoms. The summed E-state index contributed by atoms with van der Waals surface area (Å²) in [6.45, 7) is 0. The Morgan fingerprint density at radius 1 is 0.306 bits per heavy atom. The summed E-state index contributed by atoms with van der Waals surface area (Å²) in [5.74, 6) is 0. The summed E-state index contributed by atoms with van der Waals surface area (Å²) < 4.78 is 0. The van der Waals surface area contributed by atoms with E-state index in [1.807, 2.05) is 12.4 Å². The Bertz CT molecular complexity index is 3800. The van der Waals surface area contributed by atoms with Crippen LogP contribution in [0.3, 0.4) is 0 Å². The van der Waals surface area contributed by atoms with Crippen molar-refractivity contribution in [3.05, 3.63) is 284 Å². The highest BCUT2D eigenvalue weighted by atomic mass is 14.9. The molecule has 1 atom stereocenters. The van der Waals surface area contributed by atoms with Gasteiger partial charge in [-0.05, 0) is 137 Å². The predicted octanol–water partition coefficient (Wildman–Crippen LogP) is 17.8. The Hall–Kier alpha value is -9.44. The van der Waals surface area contributed by atoms with Crippen LogP contribution < -0.4 is 5.32 Å². The molecule has 12 aromatic rings. The van der Waals surface area contributed by atoms with E-state index in [9.17, 15) is 0 Å². The van der Waals surface area contributed by atoms with Crippen LogP contribution in [0.5, 0.6) is 0 Å². The lowest BCUT2D eigenvalue weighted by Crippen LogP contribution is -2.20. The van der Waals surface area contributed by atoms with Gasteiger partial charge in [0.2, 0.25) is 0 Å². The fourth-order valence-corrected chi connectivity index (χ4v) is 10.7. The third kappa shape index (κ3) is 7.93. The first-order chi connectivity index (χ1) is 35.7. The zero-order chi connectivity index (χ0) is 47.8. The quantitative estimate of drug-likeness (QED) is 0.157. The van der Waals surface area contributed by atoms with Crippen LogP contribution in [-0.4, -0.2) is 9.97 Å². The lowest BCUT2D eigenvalue weighted by Gasteiger charge is -2.24. The molecule has 10 aromatic carbocycles. The van der Waals surface area contributed by atoms with Gasteiger partial charge in [-0.1, -0.05) is 218 Å². The average molecular weight is 918 g/mol. The van der Waals surface area contributed by atoms with E-state index in [-0.39, 0.29) is 6.04 Å². The normalized spacial score (nSPS) is 12.9. The molecule has 338 valence electrons. The second-order valence-electron chi connectivity index (χ2n) is 18.5. The summed E-state index contributed by atoms with van der Waals surface area (Å²) in [5, 5.41) is 8.28. The highest BCUT2D eigenvalue weighted by molar-refractivity contribution is 5.98. The number of pyridine rings is 2. The zero-order valence-electron chi connectivity index (χ0n) is 39.5. The van der Waals surface area contributed by atoms with Gasteiger partial charge in [-0.2, -0.15) is 0 Å². The van der Waals surface area contributed by atoms with E-state index in [1.165, 1.54) is 55.3 Å². The van der Waals surface area contributed by atoms with Crippen LogP contribution in [0.4, 0.5) is 0 Å². The number of benzene rings is 10. The van der Waals surface area contributed by atoms with Gasteiger partial charge in [0.05, 0.1) is 17.4 Å². The lowest BCUT2D eigenvalue weighted by molar-refractivity contribution is 0.721. The highest BCUT2D eigenvalue weighted by Gasteiger charge is 2.20. The Morgan fingerprint density at radius 2 is 0.667 bits per heavy atom. The summed E-state index contributed by atoms with van der Waals surface area (Å²) in [6.07, 6.45) is 8.02. The molecule has 0 radical (unpaired) electrons. The number of nitrogens with zero attached hydrogens (tertiary/aromatic N) is 2. The molecule has 0 spiro atoms. The molecule has 0 aliphatic carbocycles. The van der Waals surface area contributed by atoms with Crippen molar-refractivity contribution in [3.8, 4) is 89.3 Å². The van der Waals surface area contributed by atoms with Gasteiger partial charge < -0.3 is 5.32 Å². The SMILES string of the molecule is C1=Cc2ccccc2C(c2ccc(-c3ccccc3-c3cc(-c4ccccc4-c4ccc(-c5nccc6ccccc56)cc4)cc(-c4ccccc4-c4ccc(-c5nccc6ccccc56)cc4)c3)cc2)N1. The van der Waals surface area contributed by atoms with Crippen LogP contribution in [0, 0.1) is 0 Å². The Morgan fingerprint density at radius 3 is 1.12 bits per heavy atom. The van der Waals surface area contributed by atoms with Crippen molar-refractivity contribution >= 4 is 27.6 Å². The van der Waals surface area contributed by atoms with Gasteiger partial charge in [-0.15, -0.1) is 0 Å². The van der Waals surface area contributed by atoms with Crippen molar-refractivity contribution in [1.82, 2.24) is 15.3 Å². The first-order valence-corrected chi connectivity index (χ1v) is 24.6. The maximum atomic E-state index is 4.83. The Labute approximate surface area is 420 Å². The standard InChI is InChI=1S/C69H47N3/c1-4-22-64-46(13-1)37-40-70-67(64)52-31-25-49(26-32-52)58-16-7-10-19-61(58)55-43-56(62-20-11-8-17-59(62)50-27-33-53(34-28-50)68-65-23-5-2-14-47(65)38-41-71-68)45-57(44-55)63-21-12-9-18-60(63)51-29-35-54(36-30-51)69-66-24-6-3-15-48(66)39-42-72-69/h1-45,67,70H. The first-order valence-electron chi connectivity index (χ1n) is 24.6. The van der Waals surface area contributed by atoms with E-state index in [0.29, 0.717) is 0 Å². The summed E-state index contributed by atoms with van der Waals surface area (Å²) in [6, 6.07) is 90.3. The monoisotopic (exact) mass is 917 g/mol. The van der Waals surface area contributed by atoms with Crippen LogP contribution in [0.1, 0.15) is 22.7 Å². The van der Waals surface area contributed by atoms with E-state index >= 15 is 0 Å². The van der Waals surface area contributed by atoms with Crippen molar-refractivity contribution < 1.29 is 0 Å². The largest absolute Gasteiger partial charge is 0.380 e. The maximum absolute atomic E-state index is 4.83. The third-order valence-corrected chi connectivity index (χ3v) is 14.3. The summed E-state index contributed by atoms with van der Waals surface area (Å²) >= 11 is 0. The molecule has 13 rings (SSSR count). The average Bonchev–Trinajstić information content (AvgIpc) is 3.47. The van der Waals surface area contributed by atoms with Crippen LogP contribution in [-0.2, 0) is 0 Å². The molecule has 2 aromatic heterocycles. The Kier molecular flexibility index (Phi) is 10.9. The zero-order valence-corrected chi connectivity index (χ0v) is 39.5. The van der Waals surface area contributed by atoms with Gasteiger partial charge in [0.15, 0.2) is 0 Å². The smallest absolute Gasteiger partial charge is 0.0780 e. The van der Waals surface area contributed by atoms with Crippen LogP contribution >= 0.6 is 0 Å². The van der Waals surface area contributed by atoms with Gasteiger partial charge in [-0.25, -0.2) is 0 Å². The number of rotatable bonds is 9. The number of aromatic nitrogens is 2. The first kappa shape index (κ1) is 42.6. The van der Waals surface area contributed by atoms with Crippen molar-refractivity contribution in [1.29, 1.82) is 0 Å². The fourth-order valence-electron chi connectivity index (χ4n) is 10.7. The summed E-state index contributed by atoms with van der Waals surface area (Å²) in [4.78, 5) is 9.67. The second kappa shape index (κ2) is 18.5. The van der Waals surface area contributed by atoms with Crippen LogP contribution in [0.15, 0.2) is 267 Å². The molecule has 0 fully saturated rings. The van der Waals surface area contributed by atoms with Crippen molar-refractivity contribution in [2.24, 2.45) is 0 Å². The van der Waals surface area contributed by atoms with Gasteiger partial charge >= 0.3 is 0 Å². The second-order valence-corrected chi connectivity index (χ2v) is 18.5. The summed E-state index contributed by atoms with van der Waals surface area (Å²) in [7, 11) is 0. The molecule has 1 unspecified atom stereocenters. The molecule has 0 amide bonds. The van der Waals surface area contributed by atoms with Crippen LogP contribution in [0.25, 0.3) is 117 Å². The number of nitrogens with one attached hydrogen (secondary N) is 1. The fraction of sp³-hybridized carbons (Fsp3) is 0.0145. The molecule has 0 saturated heterocycles. The number of hydrogen-bond acceptors (Lipinski definition) is 3. The highest BCUT2D eigenvalue weighted by Crippen LogP contribution is 2.43. The summed E-state index contributed by atoms with van der Waals surface area (Å²) in [5.41, 5.74) is 21.9. The molecule has 1 aliphatic rings. The molecule has 1 aliphatic heterocycles. The molecule has 72 heavy (non-hydrogen) atoms. The molecule has 1 N–H and O–H groups in total. The van der Waals surface area contributed by atoms with E-state index in [0.717, 1.165) is 72.2 Å². The van der Waals surface area contributed by atoms with E-state index in [1.54, 1.807) is 0 Å².